The van der Waals surface area contributed by atoms with E-state index >= 15 is 0 Å². The van der Waals surface area contributed by atoms with E-state index in [-0.39, 0.29) is 45.4 Å². The number of aryl methyl sites for hydroxylation is 2. The minimum Gasteiger partial charge on any atom is -0.321 e. The molecule has 0 bridgehead atoms. The normalized spacial score (nSPS) is 11.9. The molecule has 2 N–H and O–H groups in total. The van der Waals surface area contributed by atoms with Gasteiger partial charge in [0.1, 0.15) is 0 Å². The Morgan fingerprint density at radius 2 is 0.917 bits per heavy atom. The fourth-order valence-corrected chi connectivity index (χ4v) is 4.48. The van der Waals surface area contributed by atoms with Gasteiger partial charge in [-0.2, -0.15) is 0 Å². The summed E-state index contributed by atoms with van der Waals surface area (Å²) in [5.74, 6) is -1.53. The number of carbonyl (C=O) groups is 4. The second-order valence-corrected chi connectivity index (χ2v) is 8.65. The van der Waals surface area contributed by atoms with E-state index in [4.69, 9.17) is 0 Å². The van der Waals surface area contributed by atoms with E-state index in [9.17, 15) is 19.2 Å². The number of rotatable bonds is 4. The van der Waals surface area contributed by atoms with Crippen LogP contribution in [0, 0.1) is 13.8 Å². The molecule has 36 heavy (non-hydrogen) atoms. The Hall–Kier alpha value is -4.84. The van der Waals surface area contributed by atoms with E-state index in [0.29, 0.717) is 11.1 Å². The van der Waals surface area contributed by atoms with E-state index in [0.717, 1.165) is 11.1 Å². The summed E-state index contributed by atoms with van der Waals surface area (Å²) >= 11 is 0. The van der Waals surface area contributed by atoms with Gasteiger partial charge in [-0.25, -0.2) is 0 Å². The van der Waals surface area contributed by atoms with Gasteiger partial charge in [0.25, 0.3) is 11.8 Å². The molecule has 0 atom stereocenters. The molecule has 0 unspecified atom stereocenters. The van der Waals surface area contributed by atoms with Crippen molar-refractivity contribution < 1.29 is 19.2 Å². The molecule has 6 heteroatoms. The van der Waals surface area contributed by atoms with E-state index in [1.165, 1.54) is 0 Å². The number of amides is 2. The third-order valence-electron chi connectivity index (χ3n) is 6.35. The maximum absolute atomic E-state index is 13.6. The minimum atomic E-state index is -0.396. The van der Waals surface area contributed by atoms with Crippen molar-refractivity contribution >= 4 is 34.8 Å². The van der Waals surface area contributed by atoms with E-state index in [1.54, 1.807) is 60.7 Å². The van der Waals surface area contributed by atoms with Crippen LogP contribution in [0.4, 0.5) is 11.4 Å². The van der Waals surface area contributed by atoms with Crippen molar-refractivity contribution in [3.63, 3.8) is 0 Å². The molecule has 0 saturated heterocycles. The SMILES string of the molecule is Cc1ccccc1C(=O)Nc1cccc2c1C(=O)c1cccc(NC(=O)c3ccccc3C)c1C2=O. The molecular weight excluding hydrogens is 452 g/mol. The van der Waals surface area contributed by atoms with Gasteiger partial charge in [-0.15, -0.1) is 0 Å². The van der Waals surface area contributed by atoms with E-state index in [2.05, 4.69) is 10.6 Å². The molecule has 5 rings (SSSR count). The maximum Gasteiger partial charge on any atom is 0.255 e. The van der Waals surface area contributed by atoms with Gasteiger partial charge in [-0.05, 0) is 49.2 Å². The van der Waals surface area contributed by atoms with Gasteiger partial charge in [-0.3, -0.25) is 19.2 Å². The largest absolute Gasteiger partial charge is 0.321 e. The van der Waals surface area contributed by atoms with Crippen molar-refractivity contribution in [3.8, 4) is 0 Å². The van der Waals surface area contributed by atoms with Crippen LogP contribution in [0.3, 0.4) is 0 Å². The average Bonchev–Trinajstić information content (AvgIpc) is 2.87. The van der Waals surface area contributed by atoms with Crippen LogP contribution in [0.1, 0.15) is 63.7 Å². The monoisotopic (exact) mass is 474 g/mol. The van der Waals surface area contributed by atoms with E-state index < -0.39 is 11.6 Å². The fraction of sp³-hybridized carbons (Fsp3) is 0.0667. The van der Waals surface area contributed by atoms with Crippen molar-refractivity contribution in [2.45, 2.75) is 13.8 Å². The molecule has 0 radical (unpaired) electrons. The van der Waals surface area contributed by atoms with E-state index in [1.807, 2.05) is 38.1 Å². The number of anilines is 2. The predicted octanol–water partition coefficient (Wildman–Crippen LogP) is 5.58. The molecular formula is C30H22N2O4. The van der Waals surface area contributed by atoms with Gasteiger partial charge in [0.2, 0.25) is 0 Å². The van der Waals surface area contributed by atoms with Crippen molar-refractivity contribution in [2.75, 3.05) is 10.6 Å². The Labute approximate surface area is 208 Å². The lowest BCUT2D eigenvalue weighted by Crippen LogP contribution is -2.26. The van der Waals surface area contributed by atoms with Gasteiger partial charge in [0.15, 0.2) is 11.6 Å². The lowest BCUT2D eigenvalue weighted by Gasteiger charge is -2.23. The molecule has 176 valence electrons. The van der Waals surface area contributed by atoms with Crippen molar-refractivity contribution in [1.29, 1.82) is 0 Å². The quantitative estimate of drug-likeness (QED) is 0.356. The lowest BCUT2D eigenvalue weighted by atomic mass is 9.82. The molecule has 0 fully saturated rings. The highest BCUT2D eigenvalue weighted by atomic mass is 16.2. The van der Waals surface area contributed by atoms with Gasteiger partial charge in [-0.1, -0.05) is 60.7 Å². The van der Waals surface area contributed by atoms with Gasteiger partial charge in [0, 0.05) is 22.3 Å². The number of nitrogens with one attached hydrogen (secondary N) is 2. The molecule has 2 amide bonds. The van der Waals surface area contributed by atoms with Crippen LogP contribution in [0.25, 0.3) is 0 Å². The van der Waals surface area contributed by atoms with Gasteiger partial charge in [0.05, 0.1) is 22.5 Å². The highest BCUT2D eigenvalue weighted by molar-refractivity contribution is 6.33. The summed E-state index contributed by atoms with van der Waals surface area (Å²) in [6, 6.07) is 23.8. The summed E-state index contributed by atoms with van der Waals surface area (Å²) in [4.78, 5) is 53.1. The first-order valence-electron chi connectivity index (χ1n) is 11.5. The standard InChI is InChI=1S/C30H22N2O4/c1-17-9-3-5-11-19(17)29(35)31-23-15-7-13-21-25(23)27(33)22-14-8-16-24(26(22)28(21)34)32-30(36)20-12-6-4-10-18(20)2/h3-16H,1-2H3,(H,31,35)(H,32,36). The van der Waals surface area contributed by atoms with Crippen molar-refractivity contribution in [2.24, 2.45) is 0 Å². The summed E-state index contributed by atoms with van der Waals surface area (Å²) in [5, 5.41) is 5.60. The highest BCUT2D eigenvalue weighted by Gasteiger charge is 2.34. The number of ketones is 2. The zero-order valence-electron chi connectivity index (χ0n) is 19.7. The zero-order chi connectivity index (χ0) is 25.4. The first kappa shape index (κ1) is 22.9. The molecule has 1 aliphatic rings. The van der Waals surface area contributed by atoms with Crippen LogP contribution in [0.5, 0.6) is 0 Å². The average molecular weight is 475 g/mol. The molecule has 0 spiro atoms. The Balaban J connectivity index is 1.52. The maximum atomic E-state index is 13.6. The smallest absolute Gasteiger partial charge is 0.255 e. The summed E-state index contributed by atoms with van der Waals surface area (Å²) in [5.41, 5.74) is 3.69. The molecule has 4 aromatic rings. The van der Waals surface area contributed by atoms with Crippen LogP contribution in [0.2, 0.25) is 0 Å². The predicted molar refractivity (Wildman–Crippen MR) is 138 cm³/mol. The summed E-state index contributed by atoms with van der Waals surface area (Å²) in [6.07, 6.45) is 0. The topological polar surface area (TPSA) is 92.3 Å². The first-order chi connectivity index (χ1) is 17.4. The van der Waals surface area contributed by atoms with Crippen molar-refractivity contribution in [3.05, 3.63) is 129 Å². The third-order valence-corrected chi connectivity index (χ3v) is 6.35. The number of hydrogen-bond acceptors (Lipinski definition) is 4. The molecule has 0 heterocycles. The fourth-order valence-electron chi connectivity index (χ4n) is 4.48. The Bertz CT molecular complexity index is 1470. The molecule has 0 aliphatic heterocycles. The number of carbonyl (C=O) groups excluding carboxylic acids is 4. The first-order valence-corrected chi connectivity index (χ1v) is 11.5. The molecule has 4 aromatic carbocycles. The van der Waals surface area contributed by atoms with Crippen LogP contribution in [0.15, 0.2) is 84.9 Å². The number of fused-ring (bicyclic) bond motifs is 2. The zero-order valence-corrected chi connectivity index (χ0v) is 19.7. The number of hydrogen-bond donors (Lipinski definition) is 2. The summed E-state index contributed by atoms with van der Waals surface area (Å²) in [7, 11) is 0. The summed E-state index contributed by atoms with van der Waals surface area (Å²) < 4.78 is 0. The van der Waals surface area contributed by atoms with Crippen LogP contribution in [-0.2, 0) is 0 Å². The van der Waals surface area contributed by atoms with Gasteiger partial charge < -0.3 is 10.6 Å². The summed E-state index contributed by atoms with van der Waals surface area (Å²) in [6.45, 7) is 3.65. The Kier molecular flexibility index (Phi) is 5.78. The minimum absolute atomic E-state index is 0.138. The third kappa shape index (κ3) is 3.88. The van der Waals surface area contributed by atoms with Crippen LogP contribution in [-0.4, -0.2) is 23.4 Å². The Morgan fingerprint density at radius 1 is 0.528 bits per heavy atom. The molecule has 0 saturated carbocycles. The second kappa shape index (κ2) is 9.07. The number of benzene rings is 4. The highest BCUT2D eigenvalue weighted by Crippen LogP contribution is 2.35. The molecule has 1 aliphatic carbocycles. The van der Waals surface area contributed by atoms with Crippen LogP contribution < -0.4 is 10.6 Å². The second-order valence-electron chi connectivity index (χ2n) is 8.65. The lowest BCUT2D eigenvalue weighted by molar-refractivity contribution is 0.0977. The van der Waals surface area contributed by atoms with Crippen LogP contribution >= 0.6 is 0 Å². The van der Waals surface area contributed by atoms with Gasteiger partial charge >= 0.3 is 0 Å². The Morgan fingerprint density at radius 3 is 1.31 bits per heavy atom. The van der Waals surface area contributed by atoms with Crippen molar-refractivity contribution in [1.82, 2.24) is 0 Å². The molecule has 6 nitrogen and oxygen atoms in total. The molecule has 0 aromatic heterocycles.